The minimum Gasteiger partial charge on any atom is -0.379 e. The summed E-state index contributed by atoms with van der Waals surface area (Å²) < 4.78 is 18.9. The highest BCUT2D eigenvalue weighted by Gasteiger charge is 2.24. The Balaban J connectivity index is 1.49. The predicted molar refractivity (Wildman–Crippen MR) is 146 cm³/mol. The van der Waals surface area contributed by atoms with Crippen LogP contribution in [0.3, 0.4) is 0 Å². The van der Waals surface area contributed by atoms with Gasteiger partial charge in [0.15, 0.2) is 0 Å². The molecule has 2 aromatic carbocycles. The summed E-state index contributed by atoms with van der Waals surface area (Å²) in [6, 6.07) is 14.9. The van der Waals surface area contributed by atoms with Crippen molar-refractivity contribution in [1.29, 1.82) is 0 Å². The summed E-state index contributed by atoms with van der Waals surface area (Å²) in [4.78, 5) is 43.6. The average Bonchev–Trinajstić information content (AvgIpc) is 3.46. The normalized spacial score (nSPS) is 13.6. The quantitative estimate of drug-likeness (QED) is 0.281. The van der Waals surface area contributed by atoms with E-state index in [1.54, 1.807) is 17.0 Å². The van der Waals surface area contributed by atoms with Crippen LogP contribution in [0.2, 0.25) is 0 Å². The number of ether oxygens (including phenoxy) is 1. The van der Waals surface area contributed by atoms with E-state index in [4.69, 9.17) is 4.74 Å². The second-order valence-electron chi connectivity index (χ2n) is 9.07. The molecule has 0 bridgehead atoms. The van der Waals surface area contributed by atoms with Crippen LogP contribution in [0.1, 0.15) is 10.4 Å². The van der Waals surface area contributed by atoms with Crippen LogP contribution in [0.4, 0.5) is 20.6 Å². The first-order chi connectivity index (χ1) is 18.9. The van der Waals surface area contributed by atoms with Crippen LogP contribution in [-0.2, 0) is 22.6 Å². The van der Waals surface area contributed by atoms with Gasteiger partial charge in [0.25, 0.3) is 5.69 Å². The van der Waals surface area contributed by atoms with Crippen molar-refractivity contribution in [2.75, 3.05) is 51.3 Å². The monoisotopic (exact) mass is 555 g/mol. The number of morpholine rings is 1. The lowest BCUT2D eigenvalue weighted by Crippen LogP contribution is -2.48. The number of benzene rings is 2. The van der Waals surface area contributed by atoms with E-state index in [0.29, 0.717) is 38.5 Å². The van der Waals surface area contributed by atoms with Crippen molar-refractivity contribution in [3.8, 4) is 0 Å². The fraction of sp³-hybridized carbons (Fsp3) is 0.333. The third-order valence-corrected chi connectivity index (χ3v) is 7.16. The maximum Gasteiger partial charge on any atom is 0.322 e. The Morgan fingerprint density at radius 3 is 2.38 bits per heavy atom. The molecule has 0 saturated carbocycles. The Morgan fingerprint density at radius 1 is 1.03 bits per heavy atom. The van der Waals surface area contributed by atoms with E-state index in [9.17, 15) is 24.1 Å². The number of carbonyl (C=O) groups is 2. The number of urea groups is 1. The number of hydrogen-bond acceptors (Lipinski definition) is 7. The zero-order chi connectivity index (χ0) is 27.6. The zero-order valence-corrected chi connectivity index (χ0v) is 22.1. The van der Waals surface area contributed by atoms with Crippen molar-refractivity contribution in [3.05, 3.63) is 92.4 Å². The summed E-state index contributed by atoms with van der Waals surface area (Å²) >= 11 is 1.53. The van der Waals surface area contributed by atoms with Gasteiger partial charge in [-0.2, -0.15) is 0 Å². The van der Waals surface area contributed by atoms with Crippen LogP contribution in [0.25, 0.3) is 0 Å². The number of rotatable bonds is 11. The maximum atomic E-state index is 13.6. The number of nitro benzene ring substituents is 1. The van der Waals surface area contributed by atoms with Crippen LogP contribution in [-0.4, -0.2) is 77.5 Å². The van der Waals surface area contributed by atoms with Crippen molar-refractivity contribution >= 4 is 34.6 Å². The van der Waals surface area contributed by atoms with Gasteiger partial charge in [0.05, 0.1) is 24.7 Å². The molecule has 0 spiro atoms. The Labute approximate surface area is 229 Å². The topological polar surface area (TPSA) is 108 Å². The lowest BCUT2D eigenvalue weighted by molar-refractivity contribution is -0.384. The molecule has 39 heavy (non-hydrogen) atoms. The van der Waals surface area contributed by atoms with Crippen LogP contribution < -0.4 is 5.32 Å². The molecule has 1 aromatic heterocycles. The molecule has 1 saturated heterocycles. The molecule has 206 valence electrons. The Kier molecular flexibility index (Phi) is 9.95. The number of carbonyl (C=O) groups excluding carboxylic acids is 2. The molecule has 1 fully saturated rings. The molecule has 0 aliphatic carbocycles. The standard InChI is InChI=1S/C27H30FN5O5S/c28-22-5-3-21(4-6-22)18-32(19-25-2-1-17-39-25)26(34)20-31(12-11-30-13-15-38-16-14-30)27(35)29-23-7-9-24(10-8-23)33(36)37/h1-10,17H,11-16,18-20H2,(H,29,35). The molecule has 1 N–H and O–H groups in total. The number of nitrogens with zero attached hydrogens (tertiary/aromatic N) is 4. The van der Waals surface area contributed by atoms with Gasteiger partial charge in [-0.05, 0) is 41.3 Å². The minimum absolute atomic E-state index is 0.0858. The molecule has 1 aliphatic heterocycles. The van der Waals surface area contributed by atoms with Gasteiger partial charge in [-0.25, -0.2) is 9.18 Å². The highest BCUT2D eigenvalue weighted by molar-refractivity contribution is 7.09. The van der Waals surface area contributed by atoms with Gasteiger partial charge < -0.3 is 19.9 Å². The molecule has 3 aromatic rings. The number of non-ortho nitro benzene ring substituents is 1. The van der Waals surface area contributed by atoms with Crippen molar-refractivity contribution in [2.24, 2.45) is 0 Å². The summed E-state index contributed by atoms with van der Waals surface area (Å²) in [5.41, 5.74) is 1.07. The van der Waals surface area contributed by atoms with Crippen molar-refractivity contribution in [1.82, 2.24) is 14.7 Å². The summed E-state index contributed by atoms with van der Waals surface area (Å²) in [6.45, 7) is 4.01. The fourth-order valence-electron chi connectivity index (χ4n) is 4.10. The van der Waals surface area contributed by atoms with Crippen LogP contribution in [0, 0.1) is 15.9 Å². The van der Waals surface area contributed by atoms with Crippen LogP contribution in [0.5, 0.6) is 0 Å². The molecule has 10 nitrogen and oxygen atoms in total. The zero-order valence-electron chi connectivity index (χ0n) is 21.3. The first kappa shape index (κ1) is 28.1. The molecule has 4 rings (SSSR count). The number of nitro groups is 1. The highest BCUT2D eigenvalue weighted by atomic mass is 32.1. The lowest BCUT2D eigenvalue weighted by Gasteiger charge is -2.31. The summed E-state index contributed by atoms with van der Waals surface area (Å²) in [7, 11) is 0. The number of amides is 3. The van der Waals surface area contributed by atoms with Gasteiger partial charge >= 0.3 is 6.03 Å². The largest absolute Gasteiger partial charge is 0.379 e. The number of nitrogens with one attached hydrogen (secondary N) is 1. The van der Waals surface area contributed by atoms with Gasteiger partial charge in [-0.3, -0.25) is 19.8 Å². The third-order valence-electron chi connectivity index (χ3n) is 6.30. The average molecular weight is 556 g/mol. The SMILES string of the molecule is O=C(CN(CCN1CCOCC1)C(=O)Nc1ccc([N+](=O)[O-])cc1)N(Cc1ccc(F)cc1)Cc1cccs1. The van der Waals surface area contributed by atoms with Crippen molar-refractivity contribution in [3.63, 3.8) is 0 Å². The minimum atomic E-state index is -0.512. The molecule has 0 atom stereocenters. The number of halogens is 1. The molecule has 12 heteroatoms. The summed E-state index contributed by atoms with van der Waals surface area (Å²) in [5.74, 6) is -0.611. The lowest BCUT2D eigenvalue weighted by atomic mass is 10.2. The molecule has 3 amide bonds. The van der Waals surface area contributed by atoms with E-state index < -0.39 is 11.0 Å². The molecule has 1 aliphatic rings. The van der Waals surface area contributed by atoms with E-state index in [0.717, 1.165) is 23.5 Å². The van der Waals surface area contributed by atoms with E-state index in [1.807, 2.05) is 17.5 Å². The summed E-state index contributed by atoms with van der Waals surface area (Å²) in [6.07, 6.45) is 0. The predicted octanol–water partition coefficient (Wildman–Crippen LogP) is 4.19. The molecular weight excluding hydrogens is 525 g/mol. The van der Waals surface area contributed by atoms with E-state index in [2.05, 4.69) is 10.2 Å². The second kappa shape index (κ2) is 13.8. The van der Waals surface area contributed by atoms with E-state index >= 15 is 0 Å². The first-order valence-corrected chi connectivity index (χ1v) is 13.4. The Hall–Kier alpha value is -3.87. The first-order valence-electron chi connectivity index (χ1n) is 12.5. The van der Waals surface area contributed by atoms with E-state index in [-0.39, 0.29) is 30.5 Å². The Bertz CT molecular complexity index is 1230. The second-order valence-corrected chi connectivity index (χ2v) is 10.1. The molecule has 2 heterocycles. The van der Waals surface area contributed by atoms with Gasteiger partial charge in [0.2, 0.25) is 5.91 Å². The summed E-state index contributed by atoms with van der Waals surface area (Å²) in [5, 5.41) is 15.6. The molecule has 0 unspecified atom stereocenters. The maximum absolute atomic E-state index is 13.6. The van der Waals surface area contributed by atoms with Gasteiger partial charge in [0, 0.05) is 55.4 Å². The van der Waals surface area contributed by atoms with Crippen LogP contribution in [0.15, 0.2) is 66.0 Å². The third kappa shape index (κ3) is 8.57. The number of anilines is 1. The fourth-order valence-corrected chi connectivity index (χ4v) is 4.82. The number of hydrogen-bond donors (Lipinski definition) is 1. The van der Waals surface area contributed by atoms with Crippen molar-refractivity contribution in [2.45, 2.75) is 13.1 Å². The van der Waals surface area contributed by atoms with Gasteiger partial charge in [0.1, 0.15) is 12.4 Å². The van der Waals surface area contributed by atoms with E-state index in [1.165, 1.54) is 52.6 Å². The van der Waals surface area contributed by atoms with Gasteiger partial charge in [-0.1, -0.05) is 18.2 Å². The molecular formula is C27H30FN5O5S. The molecule has 0 radical (unpaired) electrons. The van der Waals surface area contributed by atoms with Crippen LogP contribution >= 0.6 is 11.3 Å². The van der Waals surface area contributed by atoms with Gasteiger partial charge in [-0.15, -0.1) is 11.3 Å². The smallest absolute Gasteiger partial charge is 0.322 e. The number of thiophene rings is 1. The van der Waals surface area contributed by atoms with Crippen molar-refractivity contribution < 1.29 is 23.6 Å². The Morgan fingerprint density at radius 2 is 1.74 bits per heavy atom. The highest BCUT2D eigenvalue weighted by Crippen LogP contribution is 2.18.